The largest absolute Gasteiger partial charge is 0.493 e. The zero-order valence-electron chi connectivity index (χ0n) is 16.4. The molecule has 27 heavy (non-hydrogen) atoms. The molecule has 1 aromatic rings. The second-order valence-corrected chi connectivity index (χ2v) is 7.12. The van der Waals surface area contributed by atoms with Gasteiger partial charge in [0.25, 0.3) is 0 Å². The Bertz CT molecular complexity index is 686. The molecule has 0 aromatic heterocycles. The number of methoxy groups -OCH3 is 2. The van der Waals surface area contributed by atoms with Crippen molar-refractivity contribution in [3.05, 3.63) is 23.8 Å². The van der Waals surface area contributed by atoms with Crippen LogP contribution >= 0.6 is 0 Å². The summed E-state index contributed by atoms with van der Waals surface area (Å²) in [6.45, 7) is 7.46. The SMILES string of the molecule is CCN1CCN(C(=O)C2CC(=O)N(Cc3ccc(OC)c(OC)c3)C2)CC1. The van der Waals surface area contributed by atoms with Gasteiger partial charge in [0.05, 0.1) is 20.1 Å². The predicted molar refractivity (Wildman–Crippen MR) is 102 cm³/mol. The monoisotopic (exact) mass is 375 g/mol. The highest BCUT2D eigenvalue weighted by atomic mass is 16.5. The van der Waals surface area contributed by atoms with E-state index < -0.39 is 0 Å². The molecule has 7 nitrogen and oxygen atoms in total. The van der Waals surface area contributed by atoms with Crippen LogP contribution in [0.25, 0.3) is 0 Å². The van der Waals surface area contributed by atoms with Crippen molar-refractivity contribution in [3.63, 3.8) is 0 Å². The van der Waals surface area contributed by atoms with Gasteiger partial charge >= 0.3 is 0 Å². The minimum absolute atomic E-state index is 0.0373. The van der Waals surface area contributed by atoms with Gasteiger partial charge in [0.2, 0.25) is 11.8 Å². The Balaban J connectivity index is 1.60. The van der Waals surface area contributed by atoms with Crippen molar-refractivity contribution in [1.29, 1.82) is 0 Å². The van der Waals surface area contributed by atoms with Crippen LogP contribution in [-0.4, -0.2) is 80.0 Å². The first-order chi connectivity index (χ1) is 13.0. The number of carbonyl (C=O) groups is 2. The van der Waals surface area contributed by atoms with Gasteiger partial charge in [0, 0.05) is 45.7 Å². The van der Waals surface area contributed by atoms with E-state index >= 15 is 0 Å². The summed E-state index contributed by atoms with van der Waals surface area (Å²) in [6.07, 6.45) is 0.306. The number of rotatable bonds is 6. The lowest BCUT2D eigenvalue weighted by molar-refractivity contribution is -0.137. The number of likely N-dealkylation sites (N-methyl/N-ethyl adjacent to an activating group) is 1. The van der Waals surface area contributed by atoms with E-state index in [1.165, 1.54) is 0 Å². The molecule has 1 unspecified atom stereocenters. The number of hydrogen-bond donors (Lipinski definition) is 0. The van der Waals surface area contributed by atoms with E-state index in [4.69, 9.17) is 9.47 Å². The van der Waals surface area contributed by atoms with Crippen molar-refractivity contribution in [2.24, 2.45) is 5.92 Å². The molecule has 1 atom stereocenters. The van der Waals surface area contributed by atoms with Gasteiger partial charge in [-0.1, -0.05) is 13.0 Å². The Kier molecular flexibility index (Phi) is 6.21. The molecule has 148 valence electrons. The van der Waals surface area contributed by atoms with Gasteiger partial charge in [-0.2, -0.15) is 0 Å². The van der Waals surface area contributed by atoms with Crippen LogP contribution in [0, 0.1) is 5.92 Å². The van der Waals surface area contributed by atoms with Gasteiger partial charge in [-0.3, -0.25) is 9.59 Å². The zero-order chi connectivity index (χ0) is 19.4. The molecule has 0 saturated carbocycles. The van der Waals surface area contributed by atoms with Crippen LogP contribution < -0.4 is 9.47 Å². The molecule has 0 spiro atoms. The number of nitrogens with zero attached hydrogens (tertiary/aromatic N) is 3. The van der Waals surface area contributed by atoms with Gasteiger partial charge in [-0.25, -0.2) is 0 Å². The maximum atomic E-state index is 12.8. The summed E-state index contributed by atoms with van der Waals surface area (Å²) in [7, 11) is 3.19. The Labute approximate surface area is 160 Å². The molecule has 0 aliphatic carbocycles. The fourth-order valence-corrected chi connectivity index (χ4v) is 3.83. The third kappa shape index (κ3) is 4.35. The summed E-state index contributed by atoms with van der Waals surface area (Å²) in [5, 5.41) is 0. The van der Waals surface area contributed by atoms with Crippen LogP contribution in [0.4, 0.5) is 0 Å². The summed E-state index contributed by atoms with van der Waals surface area (Å²) in [5.41, 5.74) is 0.964. The number of benzene rings is 1. The third-order valence-electron chi connectivity index (χ3n) is 5.52. The molecule has 7 heteroatoms. The van der Waals surface area contributed by atoms with E-state index in [9.17, 15) is 9.59 Å². The smallest absolute Gasteiger partial charge is 0.228 e. The summed E-state index contributed by atoms with van der Waals surface area (Å²) in [4.78, 5) is 31.3. The summed E-state index contributed by atoms with van der Waals surface area (Å²) < 4.78 is 10.6. The van der Waals surface area contributed by atoms with Crippen LogP contribution in [0.5, 0.6) is 11.5 Å². The lowest BCUT2D eigenvalue weighted by Gasteiger charge is -2.35. The van der Waals surface area contributed by atoms with E-state index in [0.29, 0.717) is 31.0 Å². The number of carbonyl (C=O) groups excluding carboxylic acids is 2. The van der Waals surface area contributed by atoms with Gasteiger partial charge in [0.1, 0.15) is 0 Å². The second kappa shape index (κ2) is 8.61. The van der Waals surface area contributed by atoms with Gasteiger partial charge in [0.15, 0.2) is 11.5 Å². The van der Waals surface area contributed by atoms with E-state index in [0.717, 1.165) is 38.3 Å². The lowest BCUT2D eigenvalue weighted by atomic mass is 10.1. The Hall–Kier alpha value is -2.28. The minimum Gasteiger partial charge on any atom is -0.493 e. The molecule has 2 fully saturated rings. The van der Waals surface area contributed by atoms with Crippen LogP contribution in [0.2, 0.25) is 0 Å². The molecule has 2 aliphatic rings. The lowest BCUT2D eigenvalue weighted by Crippen LogP contribution is -2.50. The highest BCUT2D eigenvalue weighted by molar-refractivity contribution is 5.89. The summed E-state index contributed by atoms with van der Waals surface area (Å²) in [5.74, 6) is 1.23. The molecule has 0 bridgehead atoms. The first kappa shape index (κ1) is 19.5. The van der Waals surface area contributed by atoms with Crippen LogP contribution in [0.3, 0.4) is 0 Å². The van der Waals surface area contributed by atoms with Crippen molar-refractivity contribution < 1.29 is 19.1 Å². The van der Waals surface area contributed by atoms with Crippen LogP contribution in [0.1, 0.15) is 18.9 Å². The van der Waals surface area contributed by atoms with Crippen molar-refractivity contribution >= 4 is 11.8 Å². The summed E-state index contributed by atoms with van der Waals surface area (Å²) in [6, 6.07) is 5.64. The first-order valence-corrected chi connectivity index (χ1v) is 9.55. The molecular weight excluding hydrogens is 346 g/mol. The Morgan fingerprint density at radius 2 is 1.81 bits per heavy atom. The molecule has 0 N–H and O–H groups in total. The van der Waals surface area contributed by atoms with Crippen molar-refractivity contribution in [1.82, 2.24) is 14.7 Å². The number of ether oxygens (including phenoxy) is 2. The molecule has 1 aromatic carbocycles. The Morgan fingerprint density at radius 1 is 1.11 bits per heavy atom. The van der Waals surface area contributed by atoms with Gasteiger partial charge in [-0.15, -0.1) is 0 Å². The highest BCUT2D eigenvalue weighted by Crippen LogP contribution is 2.29. The van der Waals surface area contributed by atoms with Crippen molar-refractivity contribution in [3.8, 4) is 11.5 Å². The molecule has 2 aliphatic heterocycles. The standard InChI is InChI=1S/C20H29N3O4/c1-4-21-7-9-22(10-8-21)20(25)16-12-19(24)23(14-16)13-15-5-6-17(26-2)18(11-15)27-3/h5-6,11,16H,4,7-10,12-14H2,1-3H3. The highest BCUT2D eigenvalue weighted by Gasteiger charge is 2.37. The Morgan fingerprint density at radius 3 is 2.44 bits per heavy atom. The van der Waals surface area contributed by atoms with Crippen LogP contribution in [0.15, 0.2) is 18.2 Å². The third-order valence-corrected chi connectivity index (χ3v) is 5.52. The van der Waals surface area contributed by atoms with E-state index in [1.54, 1.807) is 19.1 Å². The number of likely N-dealkylation sites (tertiary alicyclic amines) is 1. The van der Waals surface area contributed by atoms with Crippen molar-refractivity contribution in [2.45, 2.75) is 19.9 Å². The number of piperazine rings is 1. The maximum absolute atomic E-state index is 12.8. The fraction of sp³-hybridized carbons (Fsp3) is 0.600. The normalized spacial score (nSPS) is 20.9. The maximum Gasteiger partial charge on any atom is 0.228 e. The number of hydrogen-bond acceptors (Lipinski definition) is 5. The molecule has 3 rings (SSSR count). The first-order valence-electron chi connectivity index (χ1n) is 9.55. The molecule has 2 saturated heterocycles. The second-order valence-electron chi connectivity index (χ2n) is 7.12. The summed E-state index contributed by atoms with van der Waals surface area (Å²) >= 11 is 0. The molecule has 2 amide bonds. The average molecular weight is 375 g/mol. The van der Waals surface area contributed by atoms with Crippen LogP contribution in [-0.2, 0) is 16.1 Å². The average Bonchev–Trinajstić information content (AvgIpc) is 3.07. The van der Waals surface area contributed by atoms with Gasteiger partial charge < -0.3 is 24.2 Å². The van der Waals surface area contributed by atoms with E-state index in [2.05, 4.69) is 11.8 Å². The molecule has 0 radical (unpaired) electrons. The number of amides is 2. The van der Waals surface area contributed by atoms with E-state index in [-0.39, 0.29) is 17.7 Å². The zero-order valence-corrected chi connectivity index (χ0v) is 16.4. The molecular formula is C20H29N3O4. The quantitative estimate of drug-likeness (QED) is 0.748. The van der Waals surface area contributed by atoms with E-state index in [1.807, 2.05) is 23.1 Å². The topological polar surface area (TPSA) is 62.3 Å². The van der Waals surface area contributed by atoms with Gasteiger partial charge in [-0.05, 0) is 24.2 Å². The molecule has 2 heterocycles. The van der Waals surface area contributed by atoms with Crippen molar-refractivity contribution in [2.75, 3.05) is 53.5 Å². The fourth-order valence-electron chi connectivity index (χ4n) is 3.83. The minimum atomic E-state index is -0.231. The predicted octanol–water partition coefficient (Wildman–Crippen LogP) is 1.22.